The smallest absolute Gasteiger partial charge is 0.115 e. The minimum atomic E-state index is -0.0329. The Bertz CT molecular complexity index is 573. The zero-order valence-electron chi connectivity index (χ0n) is 13.5. The van der Waals surface area contributed by atoms with E-state index in [-0.39, 0.29) is 24.4 Å². The number of hydrogen-bond acceptors (Lipinski definition) is 4. The first-order valence-electron chi connectivity index (χ1n) is 8.44. The van der Waals surface area contributed by atoms with E-state index in [2.05, 4.69) is 24.3 Å². The summed E-state index contributed by atoms with van der Waals surface area (Å²) >= 11 is 0. The van der Waals surface area contributed by atoms with E-state index in [1.165, 1.54) is 0 Å². The molecule has 2 fully saturated rings. The monoisotopic (exact) mass is 326 g/mol. The van der Waals surface area contributed by atoms with Gasteiger partial charge in [-0.3, -0.25) is 0 Å². The van der Waals surface area contributed by atoms with Crippen LogP contribution in [0.1, 0.15) is 11.1 Å². The predicted molar refractivity (Wildman–Crippen MR) is 89.5 cm³/mol. The maximum atomic E-state index is 6.01. The quantitative estimate of drug-likeness (QED) is 0.818. The minimum Gasteiger partial charge on any atom is -0.370 e. The molecule has 0 radical (unpaired) electrons. The lowest BCUT2D eigenvalue weighted by Gasteiger charge is -2.17. The predicted octanol–water partition coefficient (Wildman–Crippen LogP) is 2.95. The molecule has 2 aromatic carbocycles. The molecule has 0 saturated carbocycles. The van der Waals surface area contributed by atoms with Crippen molar-refractivity contribution in [3.05, 3.63) is 71.8 Å². The van der Waals surface area contributed by atoms with Crippen molar-refractivity contribution in [2.75, 3.05) is 13.2 Å². The highest BCUT2D eigenvalue weighted by atomic mass is 16.6. The van der Waals surface area contributed by atoms with Crippen LogP contribution in [0.25, 0.3) is 0 Å². The fourth-order valence-electron chi connectivity index (χ4n) is 3.27. The van der Waals surface area contributed by atoms with Crippen LogP contribution in [0.5, 0.6) is 0 Å². The van der Waals surface area contributed by atoms with Gasteiger partial charge in [0.1, 0.15) is 24.4 Å². The third kappa shape index (κ3) is 3.52. The molecule has 4 rings (SSSR count). The van der Waals surface area contributed by atoms with Crippen LogP contribution < -0.4 is 0 Å². The summed E-state index contributed by atoms with van der Waals surface area (Å²) < 4.78 is 23.8. The summed E-state index contributed by atoms with van der Waals surface area (Å²) in [5, 5.41) is 0. The largest absolute Gasteiger partial charge is 0.370 e. The van der Waals surface area contributed by atoms with Gasteiger partial charge in [-0.1, -0.05) is 60.7 Å². The van der Waals surface area contributed by atoms with Crippen LogP contribution in [0.4, 0.5) is 0 Å². The molecule has 4 nitrogen and oxygen atoms in total. The fourth-order valence-corrected chi connectivity index (χ4v) is 3.27. The highest BCUT2D eigenvalue weighted by Crippen LogP contribution is 2.31. The third-order valence-corrected chi connectivity index (χ3v) is 4.58. The number of hydrogen-bond donors (Lipinski definition) is 0. The SMILES string of the molecule is c1ccc(CO[C@H]2CO[C@@H]3[C@H]2OC[C@@H]3OCc2ccccc2)cc1. The van der Waals surface area contributed by atoms with E-state index in [4.69, 9.17) is 18.9 Å². The van der Waals surface area contributed by atoms with E-state index in [0.29, 0.717) is 26.4 Å². The Morgan fingerprint density at radius 1 is 0.667 bits per heavy atom. The Morgan fingerprint density at radius 2 is 1.08 bits per heavy atom. The summed E-state index contributed by atoms with van der Waals surface area (Å²) in [4.78, 5) is 0. The molecule has 0 aromatic heterocycles. The van der Waals surface area contributed by atoms with Gasteiger partial charge in [-0.15, -0.1) is 0 Å². The molecule has 0 N–H and O–H groups in total. The van der Waals surface area contributed by atoms with Gasteiger partial charge >= 0.3 is 0 Å². The van der Waals surface area contributed by atoms with E-state index >= 15 is 0 Å². The van der Waals surface area contributed by atoms with Gasteiger partial charge in [-0.25, -0.2) is 0 Å². The van der Waals surface area contributed by atoms with Crippen molar-refractivity contribution in [3.8, 4) is 0 Å². The van der Waals surface area contributed by atoms with Crippen LogP contribution in [0, 0.1) is 0 Å². The van der Waals surface area contributed by atoms with E-state index in [1.807, 2.05) is 36.4 Å². The Kier molecular flexibility index (Phi) is 4.90. The molecular weight excluding hydrogens is 304 g/mol. The van der Waals surface area contributed by atoms with E-state index in [0.717, 1.165) is 11.1 Å². The van der Waals surface area contributed by atoms with Gasteiger partial charge in [0.05, 0.1) is 26.4 Å². The van der Waals surface area contributed by atoms with Gasteiger partial charge < -0.3 is 18.9 Å². The molecule has 2 saturated heterocycles. The summed E-state index contributed by atoms with van der Waals surface area (Å²) in [6.45, 7) is 2.29. The first-order valence-corrected chi connectivity index (χ1v) is 8.44. The van der Waals surface area contributed by atoms with Crippen molar-refractivity contribution in [1.29, 1.82) is 0 Å². The highest BCUT2D eigenvalue weighted by molar-refractivity contribution is 5.14. The molecule has 4 heteroatoms. The molecule has 0 bridgehead atoms. The number of ether oxygens (including phenoxy) is 4. The topological polar surface area (TPSA) is 36.9 Å². The summed E-state index contributed by atoms with van der Waals surface area (Å²) in [7, 11) is 0. The van der Waals surface area contributed by atoms with Crippen LogP contribution in [-0.2, 0) is 32.2 Å². The van der Waals surface area contributed by atoms with Crippen LogP contribution in [0.2, 0.25) is 0 Å². The Balaban J connectivity index is 1.29. The molecule has 0 amide bonds. The normalized spacial score (nSPS) is 28.8. The average molecular weight is 326 g/mol. The molecule has 24 heavy (non-hydrogen) atoms. The third-order valence-electron chi connectivity index (χ3n) is 4.58. The van der Waals surface area contributed by atoms with Crippen molar-refractivity contribution in [1.82, 2.24) is 0 Å². The first-order chi connectivity index (χ1) is 11.9. The molecule has 2 aromatic rings. The van der Waals surface area contributed by atoms with E-state index in [1.54, 1.807) is 0 Å². The van der Waals surface area contributed by atoms with Crippen LogP contribution in [0.3, 0.4) is 0 Å². The highest BCUT2D eigenvalue weighted by Gasteiger charge is 2.48. The Morgan fingerprint density at radius 3 is 1.50 bits per heavy atom. The molecule has 126 valence electrons. The maximum Gasteiger partial charge on any atom is 0.115 e. The van der Waals surface area contributed by atoms with Crippen LogP contribution in [-0.4, -0.2) is 37.6 Å². The number of fused-ring (bicyclic) bond motifs is 1. The van der Waals surface area contributed by atoms with E-state index in [9.17, 15) is 0 Å². The van der Waals surface area contributed by atoms with Gasteiger partial charge in [-0.2, -0.15) is 0 Å². The van der Waals surface area contributed by atoms with Crippen molar-refractivity contribution in [2.24, 2.45) is 0 Å². The van der Waals surface area contributed by atoms with Crippen molar-refractivity contribution in [3.63, 3.8) is 0 Å². The van der Waals surface area contributed by atoms with Crippen LogP contribution >= 0.6 is 0 Å². The zero-order valence-corrected chi connectivity index (χ0v) is 13.5. The summed E-state index contributed by atoms with van der Waals surface area (Å²) in [5.41, 5.74) is 2.33. The molecule has 2 aliphatic heterocycles. The average Bonchev–Trinajstić information content (AvgIpc) is 3.22. The summed E-state index contributed by atoms with van der Waals surface area (Å²) in [6.07, 6.45) is -0.120. The molecule has 0 spiro atoms. The Hall–Kier alpha value is -1.72. The lowest BCUT2D eigenvalue weighted by atomic mass is 10.1. The standard InChI is InChI=1S/C20H22O4/c1-3-7-15(8-4-1)11-21-17-13-23-20-18(14-24-19(17)20)22-12-16-9-5-2-6-10-16/h1-10,17-20H,11-14H2/t17-,18-,19-,20-/m0/s1. The summed E-state index contributed by atoms with van der Waals surface area (Å²) in [5.74, 6) is 0. The minimum absolute atomic E-state index is 0.0273. The lowest BCUT2D eigenvalue weighted by molar-refractivity contribution is -0.0580. The molecule has 4 atom stereocenters. The lowest BCUT2D eigenvalue weighted by Crippen LogP contribution is -2.34. The van der Waals surface area contributed by atoms with E-state index < -0.39 is 0 Å². The van der Waals surface area contributed by atoms with Gasteiger partial charge in [0, 0.05) is 0 Å². The molecule has 2 heterocycles. The first kappa shape index (κ1) is 15.8. The number of benzene rings is 2. The van der Waals surface area contributed by atoms with Crippen molar-refractivity contribution < 1.29 is 18.9 Å². The molecular formula is C20H22O4. The summed E-state index contributed by atoms with van der Waals surface area (Å²) in [6, 6.07) is 20.4. The second-order valence-electron chi connectivity index (χ2n) is 6.27. The van der Waals surface area contributed by atoms with Crippen LogP contribution in [0.15, 0.2) is 60.7 Å². The van der Waals surface area contributed by atoms with Gasteiger partial charge in [0.15, 0.2) is 0 Å². The van der Waals surface area contributed by atoms with Gasteiger partial charge in [0.25, 0.3) is 0 Å². The maximum absolute atomic E-state index is 6.01. The van der Waals surface area contributed by atoms with Gasteiger partial charge in [-0.05, 0) is 11.1 Å². The van der Waals surface area contributed by atoms with Gasteiger partial charge in [0.2, 0.25) is 0 Å². The Labute approximate surface area is 142 Å². The molecule has 0 aliphatic carbocycles. The van der Waals surface area contributed by atoms with Crippen molar-refractivity contribution >= 4 is 0 Å². The zero-order chi connectivity index (χ0) is 16.2. The molecule has 2 aliphatic rings. The second kappa shape index (κ2) is 7.45. The number of rotatable bonds is 6. The molecule has 0 unspecified atom stereocenters. The van der Waals surface area contributed by atoms with Crippen molar-refractivity contribution in [2.45, 2.75) is 37.6 Å². The second-order valence-corrected chi connectivity index (χ2v) is 6.27. The fraction of sp³-hybridized carbons (Fsp3) is 0.400.